The van der Waals surface area contributed by atoms with Crippen LogP contribution in [-0.2, 0) is 6.54 Å². The molecule has 136 valence electrons. The van der Waals surface area contributed by atoms with Crippen LogP contribution in [-0.4, -0.2) is 38.8 Å². The fourth-order valence-corrected chi connectivity index (χ4v) is 2.83. The lowest BCUT2D eigenvalue weighted by Gasteiger charge is -2.25. The molecule has 0 unspecified atom stereocenters. The largest absolute Gasteiger partial charge is 0.477 e. The summed E-state index contributed by atoms with van der Waals surface area (Å²) in [4.78, 5) is 8.36. The van der Waals surface area contributed by atoms with Crippen LogP contribution in [0.4, 0.5) is 20.5 Å². The minimum Gasteiger partial charge on any atom is -0.477 e. The summed E-state index contributed by atoms with van der Waals surface area (Å²) >= 11 is 0. The Kier molecular flexibility index (Phi) is 5.75. The lowest BCUT2D eigenvalue weighted by molar-refractivity contribution is 0.122. The summed E-state index contributed by atoms with van der Waals surface area (Å²) in [6.07, 6.45) is 4.81. The minimum absolute atomic E-state index is 0.311. The van der Waals surface area contributed by atoms with Crippen LogP contribution in [0.5, 0.6) is 5.88 Å². The predicted molar refractivity (Wildman–Crippen MR) is 89.0 cm³/mol. The highest BCUT2D eigenvalue weighted by Crippen LogP contribution is 2.24. The Morgan fingerprint density at radius 3 is 2.84 bits per heavy atom. The predicted octanol–water partition coefficient (Wildman–Crippen LogP) is 2.58. The molecule has 3 N–H and O–H groups in total. The Labute approximate surface area is 144 Å². The molecule has 9 heteroatoms. The average molecular weight is 352 g/mol. The topological polar surface area (TPSA) is 90.9 Å². The Morgan fingerprint density at radius 1 is 1.28 bits per heavy atom. The van der Waals surface area contributed by atoms with Gasteiger partial charge >= 0.3 is 0 Å². The number of hydrogen-bond acceptors (Lipinski definition) is 6. The molecule has 1 saturated carbocycles. The summed E-state index contributed by atoms with van der Waals surface area (Å²) in [5.41, 5.74) is 5.91. The van der Waals surface area contributed by atoms with Crippen molar-refractivity contribution in [2.45, 2.75) is 44.7 Å². The van der Waals surface area contributed by atoms with Crippen molar-refractivity contribution in [3.05, 3.63) is 24.5 Å². The number of halogens is 2. The van der Waals surface area contributed by atoms with Crippen molar-refractivity contribution in [1.29, 1.82) is 0 Å². The van der Waals surface area contributed by atoms with Crippen molar-refractivity contribution in [3.8, 4) is 5.88 Å². The van der Waals surface area contributed by atoms with Crippen LogP contribution >= 0.6 is 0 Å². The maximum atomic E-state index is 12.3. The maximum Gasteiger partial charge on any atom is 0.257 e. The monoisotopic (exact) mass is 352 g/mol. The second-order valence-corrected chi connectivity index (χ2v) is 6.25. The molecule has 0 radical (unpaired) electrons. The fourth-order valence-electron chi connectivity index (χ4n) is 2.83. The van der Waals surface area contributed by atoms with Crippen LogP contribution in [0.15, 0.2) is 24.5 Å². The van der Waals surface area contributed by atoms with Gasteiger partial charge in [-0.1, -0.05) is 0 Å². The van der Waals surface area contributed by atoms with E-state index in [4.69, 9.17) is 10.5 Å². The smallest absolute Gasteiger partial charge is 0.257 e. The lowest BCUT2D eigenvalue weighted by atomic mass is 9.87. The molecule has 1 aliphatic rings. The van der Waals surface area contributed by atoms with E-state index in [2.05, 4.69) is 20.4 Å². The number of alkyl halides is 2. The van der Waals surface area contributed by atoms with E-state index in [0.717, 1.165) is 25.7 Å². The van der Waals surface area contributed by atoms with Crippen molar-refractivity contribution in [2.75, 3.05) is 11.9 Å². The van der Waals surface area contributed by atoms with E-state index in [1.54, 1.807) is 18.3 Å². The van der Waals surface area contributed by atoms with Gasteiger partial charge in [0.1, 0.15) is 6.54 Å². The van der Waals surface area contributed by atoms with E-state index in [1.165, 1.54) is 10.9 Å². The van der Waals surface area contributed by atoms with Crippen molar-refractivity contribution >= 4 is 11.8 Å². The van der Waals surface area contributed by atoms with Gasteiger partial charge in [-0.15, -0.1) is 0 Å². The Morgan fingerprint density at radius 2 is 2.08 bits per heavy atom. The highest BCUT2D eigenvalue weighted by molar-refractivity contribution is 5.46. The molecule has 0 aromatic carbocycles. The first-order valence-electron chi connectivity index (χ1n) is 8.38. The van der Waals surface area contributed by atoms with Gasteiger partial charge in [0.05, 0.1) is 6.61 Å². The van der Waals surface area contributed by atoms with Crippen molar-refractivity contribution in [1.82, 2.24) is 19.7 Å². The maximum absolute atomic E-state index is 12.3. The van der Waals surface area contributed by atoms with Crippen LogP contribution in [0.2, 0.25) is 0 Å². The summed E-state index contributed by atoms with van der Waals surface area (Å²) < 4.78 is 31.6. The molecule has 2 heterocycles. The van der Waals surface area contributed by atoms with E-state index < -0.39 is 13.0 Å². The first-order chi connectivity index (χ1) is 12.1. The molecule has 2 aromatic heterocycles. The van der Waals surface area contributed by atoms with Gasteiger partial charge in [-0.25, -0.2) is 13.8 Å². The Hall–Kier alpha value is -2.29. The molecule has 2 aromatic rings. The average Bonchev–Trinajstić information content (AvgIpc) is 3.01. The second kappa shape index (κ2) is 8.19. The molecular weight excluding hydrogens is 330 g/mol. The van der Waals surface area contributed by atoms with Crippen molar-refractivity contribution in [3.63, 3.8) is 0 Å². The third-order valence-electron chi connectivity index (χ3n) is 4.19. The Balaban J connectivity index is 1.53. The van der Waals surface area contributed by atoms with Gasteiger partial charge in [0, 0.05) is 30.6 Å². The summed E-state index contributed by atoms with van der Waals surface area (Å²) in [6.45, 7) is 0.156. The van der Waals surface area contributed by atoms with E-state index in [1.807, 2.05) is 0 Å². The summed E-state index contributed by atoms with van der Waals surface area (Å²) in [7, 11) is 0. The van der Waals surface area contributed by atoms with Crippen LogP contribution in [0.1, 0.15) is 25.7 Å². The number of rotatable bonds is 7. The molecule has 7 nitrogen and oxygen atoms in total. The quantitative estimate of drug-likeness (QED) is 0.796. The van der Waals surface area contributed by atoms with Gasteiger partial charge in [0.2, 0.25) is 11.8 Å². The molecule has 0 aliphatic heterocycles. The van der Waals surface area contributed by atoms with Crippen molar-refractivity contribution < 1.29 is 13.5 Å². The zero-order valence-corrected chi connectivity index (χ0v) is 13.8. The number of aromatic nitrogens is 4. The molecule has 3 rings (SSSR count). The number of ether oxygens (including phenoxy) is 1. The van der Waals surface area contributed by atoms with Gasteiger partial charge in [0.25, 0.3) is 6.43 Å². The second-order valence-electron chi connectivity index (χ2n) is 6.25. The Bertz CT molecular complexity index is 672. The summed E-state index contributed by atoms with van der Waals surface area (Å²) in [6, 6.07) is 3.59. The first kappa shape index (κ1) is 17.5. The molecule has 0 spiro atoms. The third kappa shape index (κ3) is 5.35. The van der Waals surface area contributed by atoms with Gasteiger partial charge in [-0.3, -0.25) is 4.68 Å². The van der Waals surface area contributed by atoms with Gasteiger partial charge in [-0.05, 0) is 31.6 Å². The molecule has 0 atom stereocenters. The van der Waals surface area contributed by atoms with Gasteiger partial charge in [0.15, 0.2) is 5.82 Å². The number of hydrogen-bond donors (Lipinski definition) is 2. The molecular formula is C16H22F2N6O. The molecule has 0 saturated heterocycles. The third-order valence-corrected chi connectivity index (χ3v) is 4.19. The molecule has 25 heavy (non-hydrogen) atoms. The molecule has 0 bridgehead atoms. The highest BCUT2D eigenvalue weighted by atomic mass is 19.3. The van der Waals surface area contributed by atoms with Crippen LogP contribution < -0.4 is 15.8 Å². The summed E-state index contributed by atoms with van der Waals surface area (Å²) in [5, 5.41) is 6.88. The fraction of sp³-hybridized carbons (Fsp3) is 0.562. The van der Waals surface area contributed by atoms with Crippen LogP contribution in [0.25, 0.3) is 0 Å². The molecule has 0 amide bonds. The number of nitrogens with two attached hydrogens (primary N) is 1. The van der Waals surface area contributed by atoms with Crippen molar-refractivity contribution in [2.24, 2.45) is 11.7 Å². The standard InChI is InChI=1S/C16H22F2N6O/c17-13(18)9-24-8-6-14(23-24)21-16-20-7-5-15(22-16)25-10-11-1-3-12(19)4-2-11/h5-8,11-13H,1-4,9-10,19H2,(H,20,21,22,23)/t11-,12-. The lowest BCUT2D eigenvalue weighted by Crippen LogP contribution is -2.28. The minimum atomic E-state index is -2.45. The number of nitrogens with one attached hydrogen (secondary N) is 1. The van der Waals surface area contributed by atoms with E-state index in [9.17, 15) is 8.78 Å². The zero-order valence-electron chi connectivity index (χ0n) is 13.8. The normalized spacial score (nSPS) is 20.6. The first-order valence-corrected chi connectivity index (χ1v) is 8.38. The van der Waals surface area contributed by atoms with E-state index in [-0.39, 0.29) is 0 Å². The van der Waals surface area contributed by atoms with E-state index >= 15 is 0 Å². The van der Waals surface area contributed by atoms with Crippen LogP contribution in [0.3, 0.4) is 0 Å². The number of nitrogens with zero attached hydrogens (tertiary/aromatic N) is 4. The molecule has 1 fully saturated rings. The van der Waals surface area contributed by atoms with Crippen LogP contribution in [0, 0.1) is 5.92 Å². The summed E-state index contributed by atoms with van der Waals surface area (Å²) in [5.74, 6) is 1.68. The van der Waals surface area contributed by atoms with Gasteiger partial charge in [-0.2, -0.15) is 10.1 Å². The van der Waals surface area contributed by atoms with E-state index in [0.29, 0.717) is 36.2 Å². The zero-order chi connectivity index (χ0) is 17.6. The SMILES string of the molecule is N[C@H]1CC[C@H](COc2ccnc(Nc3ccn(CC(F)F)n3)n2)CC1. The number of anilines is 2. The molecule has 1 aliphatic carbocycles. The van der Waals surface area contributed by atoms with Gasteiger partial charge < -0.3 is 15.8 Å². The highest BCUT2D eigenvalue weighted by Gasteiger charge is 2.19.